The van der Waals surface area contributed by atoms with Crippen molar-refractivity contribution in [3.05, 3.63) is 23.8 Å². The van der Waals surface area contributed by atoms with Gasteiger partial charge < -0.3 is 9.84 Å². The van der Waals surface area contributed by atoms with E-state index in [9.17, 15) is 13.5 Å². The Morgan fingerprint density at radius 3 is 2.67 bits per heavy atom. The number of rotatable bonds is 5. The lowest BCUT2D eigenvalue weighted by Gasteiger charge is -2.27. The molecule has 1 aliphatic carbocycles. The summed E-state index contributed by atoms with van der Waals surface area (Å²) in [6, 6.07) is 5.19. The predicted octanol–water partition coefficient (Wildman–Crippen LogP) is 2.44. The van der Waals surface area contributed by atoms with Gasteiger partial charge in [0.2, 0.25) is 10.0 Å². The normalized spacial score (nSPS) is 22.8. The van der Waals surface area contributed by atoms with E-state index in [2.05, 4.69) is 4.72 Å². The molecule has 21 heavy (non-hydrogen) atoms. The van der Waals surface area contributed by atoms with E-state index in [1.807, 2.05) is 13.8 Å². The standard InChI is InChI=1S/C15H23NO4S/c1-3-20-14-9-8-12(10-11(14)2)16-21(18,19)15-7-5-4-6-13(15)17/h8-10,13,15-17H,3-7H2,1-2H3/t13-,15+/m0/s1. The predicted molar refractivity (Wildman–Crippen MR) is 83.2 cm³/mol. The zero-order chi connectivity index (χ0) is 15.5. The topological polar surface area (TPSA) is 75.6 Å². The van der Waals surface area contributed by atoms with Crippen LogP contribution in [0.5, 0.6) is 5.75 Å². The van der Waals surface area contributed by atoms with Crippen LogP contribution >= 0.6 is 0 Å². The Hall–Kier alpha value is -1.27. The highest BCUT2D eigenvalue weighted by atomic mass is 32.2. The van der Waals surface area contributed by atoms with Crippen LogP contribution in [0, 0.1) is 6.92 Å². The van der Waals surface area contributed by atoms with Crippen LogP contribution in [0.25, 0.3) is 0 Å². The molecule has 2 rings (SSSR count). The molecule has 0 spiro atoms. The minimum absolute atomic E-state index is 0.506. The molecule has 1 aromatic rings. The summed E-state index contributed by atoms with van der Waals surface area (Å²) in [7, 11) is -3.57. The van der Waals surface area contributed by atoms with Crippen LogP contribution in [0.1, 0.15) is 38.2 Å². The van der Waals surface area contributed by atoms with E-state index < -0.39 is 21.4 Å². The van der Waals surface area contributed by atoms with Gasteiger partial charge in [-0.05, 0) is 50.5 Å². The molecule has 6 heteroatoms. The fourth-order valence-electron chi connectivity index (χ4n) is 2.71. The molecule has 0 bridgehead atoms. The molecule has 0 unspecified atom stereocenters. The van der Waals surface area contributed by atoms with Gasteiger partial charge in [-0.3, -0.25) is 4.72 Å². The average Bonchev–Trinajstić information content (AvgIpc) is 2.42. The van der Waals surface area contributed by atoms with Crippen LogP contribution in [-0.2, 0) is 10.0 Å². The summed E-state index contributed by atoms with van der Waals surface area (Å²) >= 11 is 0. The summed E-state index contributed by atoms with van der Waals surface area (Å²) in [6.07, 6.45) is 2.00. The Morgan fingerprint density at radius 1 is 1.33 bits per heavy atom. The molecule has 1 aromatic carbocycles. The smallest absolute Gasteiger partial charge is 0.238 e. The molecule has 2 atom stereocenters. The van der Waals surface area contributed by atoms with Crippen LogP contribution in [0.4, 0.5) is 5.69 Å². The summed E-state index contributed by atoms with van der Waals surface area (Å²) in [4.78, 5) is 0. The number of anilines is 1. The Labute approximate surface area is 126 Å². The first-order valence-electron chi connectivity index (χ1n) is 7.37. The zero-order valence-electron chi connectivity index (χ0n) is 12.5. The van der Waals surface area contributed by atoms with Crippen LogP contribution in [0.15, 0.2) is 18.2 Å². The summed E-state index contributed by atoms with van der Waals surface area (Å²) in [5.74, 6) is 0.748. The maximum atomic E-state index is 12.4. The van der Waals surface area contributed by atoms with Crippen molar-refractivity contribution in [2.45, 2.75) is 50.9 Å². The van der Waals surface area contributed by atoms with Crippen LogP contribution in [0.3, 0.4) is 0 Å². The number of benzene rings is 1. The van der Waals surface area contributed by atoms with E-state index >= 15 is 0 Å². The molecule has 118 valence electrons. The Morgan fingerprint density at radius 2 is 2.05 bits per heavy atom. The number of hydrogen-bond donors (Lipinski definition) is 2. The van der Waals surface area contributed by atoms with E-state index in [4.69, 9.17) is 4.74 Å². The molecule has 1 saturated carbocycles. The largest absolute Gasteiger partial charge is 0.494 e. The van der Waals surface area contributed by atoms with E-state index in [0.29, 0.717) is 25.1 Å². The molecular weight excluding hydrogens is 290 g/mol. The van der Waals surface area contributed by atoms with Crippen molar-refractivity contribution in [2.75, 3.05) is 11.3 Å². The second-order valence-corrected chi connectivity index (χ2v) is 7.35. The number of ether oxygens (including phenoxy) is 1. The summed E-state index contributed by atoms with van der Waals surface area (Å²) in [5, 5.41) is 9.19. The third-order valence-electron chi connectivity index (χ3n) is 3.80. The first-order chi connectivity index (χ1) is 9.94. The lowest BCUT2D eigenvalue weighted by molar-refractivity contribution is 0.133. The van der Waals surface area contributed by atoms with E-state index in [0.717, 1.165) is 24.2 Å². The molecule has 5 nitrogen and oxygen atoms in total. The molecular formula is C15H23NO4S. The Kier molecular flexibility index (Phi) is 5.11. The van der Waals surface area contributed by atoms with Crippen molar-refractivity contribution in [1.29, 1.82) is 0 Å². The monoisotopic (exact) mass is 313 g/mol. The fourth-order valence-corrected chi connectivity index (χ4v) is 4.34. The second kappa shape index (κ2) is 6.66. The summed E-state index contributed by atoms with van der Waals surface area (Å²) in [5.41, 5.74) is 1.38. The van der Waals surface area contributed by atoms with Crippen LogP contribution < -0.4 is 9.46 Å². The summed E-state index contributed by atoms with van der Waals surface area (Å²) < 4.78 is 32.8. The highest BCUT2D eigenvalue weighted by Crippen LogP contribution is 2.27. The van der Waals surface area contributed by atoms with Crippen molar-refractivity contribution < 1.29 is 18.3 Å². The molecule has 0 radical (unpaired) electrons. The van der Waals surface area contributed by atoms with Crippen LogP contribution in [-0.4, -0.2) is 31.5 Å². The molecule has 0 heterocycles. The van der Waals surface area contributed by atoms with Crippen molar-refractivity contribution in [2.24, 2.45) is 0 Å². The van der Waals surface area contributed by atoms with Crippen molar-refractivity contribution in [3.8, 4) is 5.75 Å². The van der Waals surface area contributed by atoms with Gasteiger partial charge in [0, 0.05) is 5.69 Å². The van der Waals surface area contributed by atoms with Gasteiger partial charge in [-0.15, -0.1) is 0 Å². The third kappa shape index (κ3) is 3.89. The Bertz CT molecular complexity index is 585. The van der Waals surface area contributed by atoms with Gasteiger partial charge in [0.1, 0.15) is 11.0 Å². The van der Waals surface area contributed by atoms with Gasteiger partial charge in [-0.1, -0.05) is 12.8 Å². The second-order valence-electron chi connectivity index (χ2n) is 5.45. The van der Waals surface area contributed by atoms with E-state index in [-0.39, 0.29) is 0 Å². The molecule has 0 amide bonds. The maximum absolute atomic E-state index is 12.4. The number of aliphatic hydroxyl groups is 1. The average molecular weight is 313 g/mol. The molecule has 1 aliphatic rings. The SMILES string of the molecule is CCOc1ccc(NS(=O)(=O)[C@@H]2CCCC[C@@H]2O)cc1C. The molecule has 2 N–H and O–H groups in total. The number of nitrogens with one attached hydrogen (secondary N) is 1. The van der Waals surface area contributed by atoms with Gasteiger partial charge >= 0.3 is 0 Å². The lowest BCUT2D eigenvalue weighted by atomic mass is 9.97. The third-order valence-corrected chi connectivity index (χ3v) is 5.67. The van der Waals surface area contributed by atoms with Crippen molar-refractivity contribution in [3.63, 3.8) is 0 Å². The van der Waals surface area contributed by atoms with Gasteiger partial charge in [0.25, 0.3) is 0 Å². The highest BCUT2D eigenvalue weighted by molar-refractivity contribution is 7.93. The molecule has 1 fully saturated rings. The molecule has 0 saturated heterocycles. The molecule has 0 aromatic heterocycles. The number of aliphatic hydroxyl groups excluding tert-OH is 1. The van der Waals surface area contributed by atoms with Crippen molar-refractivity contribution >= 4 is 15.7 Å². The highest BCUT2D eigenvalue weighted by Gasteiger charge is 2.34. The van der Waals surface area contributed by atoms with Gasteiger partial charge in [0.15, 0.2) is 0 Å². The van der Waals surface area contributed by atoms with E-state index in [1.165, 1.54) is 0 Å². The quantitative estimate of drug-likeness (QED) is 0.875. The van der Waals surface area contributed by atoms with Crippen LogP contribution in [0.2, 0.25) is 0 Å². The van der Waals surface area contributed by atoms with Gasteiger partial charge in [-0.2, -0.15) is 0 Å². The van der Waals surface area contributed by atoms with E-state index in [1.54, 1.807) is 18.2 Å². The first kappa shape index (κ1) is 16.1. The molecule has 0 aliphatic heterocycles. The minimum Gasteiger partial charge on any atom is -0.494 e. The van der Waals surface area contributed by atoms with Gasteiger partial charge in [0.05, 0.1) is 12.7 Å². The lowest BCUT2D eigenvalue weighted by Crippen LogP contribution is -2.40. The number of aryl methyl sites for hydroxylation is 1. The summed E-state index contributed by atoms with van der Waals surface area (Å²) in [6.45, 7) is 4.35. The fraction of sp³-hybridized carbons (Fsp3) is 0.600. The number of sulfonamides is 1. The first-order valence-corrected chi connectivity index (χ1v) is 8.92. The zero-order valence-corrected chi connectivity index (χ0v) is 13.3. The number of hydrogen-bond acceptors (Lipinski definition) is 4. The van der Waals surface area contributed by atoms with Crippen molar-refractivity contribution in [1.82, 2.24) is 0 Å². The maximum Gasteiger partial charge on any atom is 0.238 e. The minimum atomic E-state index is -3.57. The van der Waals surface area contributed by atoms with Gasteiger partial charge in [-0.25, -0.2) is 8.42 Å². The Balaban J connectivity index is 2.14.